The lowest BCUT2D eigenvalue weighted by atomic mass is 10.0. The molecule has 3 saturated heterocycles. The van der Waals surface area contributed by atoms with Crippen molar-refractivity contribution in [2.24, 2.45) is 0 Å². The van der Waals surface area contributed by atoms with Gasteiger partial charge in [0.15, 0.2) is 15.6 Å². The number of likely N-dealkylation sites (tertiary alicyclic amines) is 1. The SMILES string of the molecule is CN(C(=O)CC(=O)N1CCC2(CC1)OCCO2)C1CCS(=O)(=O)C1. The van der Waals surface area contributed by atoms with E-state index in [0.29, 0.717) is 45.6 Å². The van der Waals surface area contributed by atoms with E-state index in [1.165, 1.54) is 4.90 Å². The fourth-order valence-corrected chi connectivity index (χ4v) is 5.31. The van der Waals surface area contributed by atoms with E-state index in [4.69, 9.17) is 9.47 Å². The normalized spacial score (nSPS) is 28.2. The first kappa shape index (κ1) is 17.6. The van der Waals surface area contributed by atoms with Gasteiger partial charge in [-0.05, 0) is 6.42 Å². The first-order valence-corrected chi connectivity index (χ1v) is 10.1. The van der Waals surface area contributed by atoms with Crippen LogP contribution < -0.4 is 0 Å². The Kier molecular flexibility index (Phi) is 4.85. The highest BCUT2D eigenvalue weighted by atomic mass is 32.2. The van der Waals surface area contributed by atoms with E-state index >= 15 is 0 Å². The lowest BCUT2D eigenvalue weighted by Gasteiger charge is -2.37. The fourth-order valence-electron chi connectivity index (χ4n) is 3.53. The monoisotopic (exact) mass is 360 g/mol. The van der Waals surface area contributed by atoms with Gasteiger partial charge in [0.2, 0.25) is 11.8 Å². The second-order valence-corrected chi connectivity index (χ2v) is 8.96. The summed E-state index contributed by atoms with van der Waals surface area (Å²) in [4.78, 5) is 27.7. The molecule has 0 N–H and O–H groups in total. The molecular weight excluding hydrogens is 336 g/mol. The summed E-state index contributed by atoms with van der Waals surface area (Å²) in [6.07, 6.45) is 1.45. The Morgan fingerprint density at radius 3 is 2.38 bits per heavy atom. The first-order valence-electron chi connectivity index (χ1n) is 8.32. The first-order chi connectivity index (χ1) is 11.3. The zero-order valence-corrected chi connectivity index (χ0v) is 14.7. The molecule has 3 heterocycles. The minimum atomic E-state index is -3.05. The number of hydrogen-bond donors (Lipinski definition) is 0. The predicted octanol–water partition coefficient (Wildman–Crippen LogP) is -0.612. The summed E-state index contributed by atoms with van der Waals surface area (Å²) in [5.74, 6) is -0.992. The number of rotatable bonds is 3. The fraction of sp³-hybridized carbons (Fsp3) is 0.867. The standard InChI is InChI=1S/C15H24N2O6S/c1-16(12-2-9-24(20,21)11-12)13(18)10-14(19)17-5-3-15(4-6-17)22-7-8-23-15/h12H,2-11H2,1H3. The summed E-state index contributed by atoms with van der Waals surface area (Å²) in [6, 6.07) is -0.319. The topological polar surface area (TPSA) is 93.2 Å². The van der Waals surface area contributed by atoms with Crippen LogP contribution in [-0.4, -0.2) is 86.7 Å². The van der Waals surface area contributed by atoms with Crippen LogP contribution in [0.5, 0.6) is 0 Å². The van der Waals surface area contributed by atoms with Gasteiger partial charge < -0.3 is 19.3 Å². The van der Waals surface area contributed by atoms with Crippen LogP contribution in [0.2, 0.25) is 0 Å². The molecule has 0 aliphatic carbocycles. The van der Waals surface area contributed by atoms with E-state index in [-0.39, 0.29) is 35.8 Å². The van der Waals surface area contributed by atoms with E-state index in [9.17, 15) is 18.0 Å². The number of piperidine rings is 1. The zero-order valence-electron chi connectivity index (χ0n) is 13.9. The van der Waals surface area contributed by atoms with Crippen molar-refractivity contribution in [3.05, 3.63) is 0 Å². The highest BCUT2D eigenvalue weighted by Gasteiger charge is 2.41. The Labute approximate surface area is 142 Å². The van der Waals surface area contributed by atoms with Gasteiger partial charge >= 0.3 is 0 Å². The van der Waals surface area contributed by atoms with Crippen molar-refractivity contribution < 1.29 is 27.5 Å². The Morgan fingerprint density at radius 1 is 1.21 bits per heavy atom. The van der Waals surface area contributed by atoms with Crippen molar-refractivity contribution in [2.45, 2.75) is 37.5 Å². The van der Waals surface area contributed by atoms with Gasteiger partial charge in [-0.25, -0.2) is 8.42 Å². The Hall–Kier alpha value is -1.19. The molecule has 0 radical (unpaired) electrons. The molecule has 0 aromatic rings. The second-order valence-electron chi connectivity index (χ2n) is 6.73. The molecule has 3 rings (SSSR count). The Bertz CT molecular complexity index is 603. The average Bonchev–Trinajstić information content (AvgIpc) is 3.13. The molecule has 0 aromatic carbocycles. The van der Waals surface area contributed by atoms with Crippen molar-refractivity contribution in [3.8, 4) is 0 Å². The van der Waals surface area contributed by atoms with Crippen LogP contribution in [0.15, 0.2) is 0 Å². The van der Waals surface area contributed by atoms with Crippen LogP contribution in [-0.2, 0) is 28.9 Å². The number of carbonyl (C=O) groups is 2. The third-order valence-corrected chi connectivity index (χ3v) is 6.89. The molecule has 136 valence electrons. The van der Waals surface area contributed by atoms with Gasteiger partial charge in [0.25, 0.3) is 0 Å². The number of carbonyl (C=O) groups excluding carboxylic acids is 2. The molecule has 0 aromatic heterocycles. The van der Waals surface area contributed by atoms with Crippen LogP contribution >= 0.6 is 0 Å². The molecule has 9 heteroatoms. The molecule has 1 atom stereocenters. The predicted molar refractivity (Wildman–Crippen MR) is 84.9 cm³/mol. The average molecular weight is 360 g/mol. The smallest absolute Gasteiger partial charge is 0.232 e. The summed E-state index contributed by atoms with van der Waals surface area (Å²) >= 11 is 0. The van der Waals surface area contributed by atoms with E-state index in [1.54, 1.807) is 11.9 Å². The third kappa shape index (κ3) is 3.73. The van der Waals surface area contributed by atoms with Crippen LogP contribution in [0.1, 0.15) is 25.7 Å². The van der Waals surface area contributed by atoms with Gasteiger partial charge in [0, 0.05) is 39.0 Å². The van der Waals surface area contributed by atoms with Crippen LogP contribution in [0.4, 0.5) is 0 Å². The van der Waals surface area contributed by atoms with Gasteiger partial charge in [0.05, 0.1) is 24.7 Å². The molecule has 3 fully saturated rings. The third-order valence-electron chi connectivity index (χ3n) is 5.14. The molecule has 0 saturated carbocycles. The highest BCUT2D eigenvalue weighted by Crippen LogP contribution is 2.31. The van der Waals surface area contributed by atoms with Crippen LogP contribution in [0.3, 0.4) is 0 Å². The van der Waals surface area contributed by atoms with Gasteiger partial charge in [0.1, 0.15) is 6.42 Å². The van der Waals surface area contributed by atoms with Crippen molar-refractivity contribution in [3.63, 3.8) is 0 Å². The molecule has 1 unspecified atom stereocenters. The molecule has 1 spiro atoms. The molecule has 24 heavy (non-hydrogen) atoms. The van der Waals surface area contributed by atoms with E-state index in [0.717, 1.165) is 0 Å². The summed E-state index contributed by atoms with van der Waals surface area (Å²) in [5, 5.41) is 0. The molecule has 3 aliphatic rings. The van der Waals surface area contributed by atoms with Crippen molar-refractivity contribution in [1.29, 1.82) is 0 Å². The van der Waals surface area contributed by atoms with E-state index in [1.807, 2.05) is 0 Å². The number of nitrogens with zero attached hydrogens (tertiary/aromatic N) is 2. The summed E-state index contributed by atoms with van der Waals surface area (Å²) < 4.78 is 34.3. The van der Waals surface area contributed by atoms with Crippen molar-refractivity contribution in [1.82, 2.24) is 9.80 Å². The van der Waals surface area contributed by atoms with Crippen LogP contribution in [0.25, 0.3) is 0 Å². The maximum absolute atomic E-state index is 12.3. The summed E-state index contributed by atoms with van der Waals surface area (Å²) in [7, 11) is -1.48. The molecular formula is C15H24N2O6S. The van der Waals surface area contributed by atoms with Gasteiger partial charge in [-0.15, -0.1) is 0 Å². The highest BCUT2D eigenvalue weighted by molar-refractivity contribution is 7.91. The van der Waals surface area contributed by atoms with Crippen molar-refractivity contribution in [2.75, 3.05) is 44.9 Å². The maximum Gasteiger partial charge on any atom is 0.232 e. The summed E-state index contributed by atoms with van der Waals surface area (Å²) in [5.41, 5.74) is 0. The summed E-state index contributed by atoms with van der Waals surface area (Å²) in [6.45, 7) is 2.18. The largest absolute Gasteiger partial charge is 0.347 e. The second kappa shape index (κ2) is 6.61. The Morgan fingerprint density at radius 2 is 1.83 bits per heavy atom. The zero-order chi connectivity index (χ0) is 17.4. The number of ether oxygens (including phenoxy) is 2. The van der Waals surface area contributed by atoms with Gasteiger partial charge in [-0.2, -0.15) is 0 Å². The van der Waals surface area contributed by atoms with E-state index in [2.05, 4.69) is 0 Å². The maximum atomic E-state index is 12.3. The molecule has 0 bridgehead atoms. The lowest BCUT2D eigenvalue weighted by molar-refractivity contribution is -0.187. The van der Waals surface area contributed by atoms with Crippen molar-refractivity contribution >= 4 is 21.7 Å². The van der Waals surface area contributed by atoms with Crippen LogP contribution in [0, 0.1) is 0 Å². The molecule has 8 nitrogen and oxygen atoms in total. The minimum absolute atomic E-state index is 0.00958. The number of sulfone groups is 1. The van der Waals surface area contributed by atoms with E-state index < -0.39 is 15.6 Å². The molecule has 3 aliphatic heterocycles. The van der Waals surface area contributed by atoms with Gasteiger partial charge in [-0.1, -0.05) is 0 Å². The lowest BCUT2D eigenvalue weighted by Crippen LogP contribution is -2.48. The molecule has 2 amide bonds. The quantitative estimate of drug-likeness (QED) is 0.623. The Balaban J connectivity index is 1.49. The minimum Gasteiger partial charge on any atom is -0.347 e. The number of amides is 2. The number of hydrogen-bond acceptors (Lipinski definition) is 6. The van der Waals surface area contributed by atoms with Gasteiger partial charge in [-0.3, -0.25) is 9.59 Å².